The van der Waals surface area contributed by atoms with Crippen molar-refractivity contribution in [1.29, 1.82) is 0 Å². The normalized spacial score (nSPS) is 15.5. The highest BCUT2D eigenvalue weighted by Gasteiger charge is 2.32. The number of anilines is 1. The topological polar surface area (TPSA) is 28.1 Å². The fourth-order valence-electron chi connectivity index (χ4n) is 2.95. The maximum Gasteiger partial charge on any atom is 0.417 e. The molecule has 1 saturated heterocycles. The van der Waals surface area contributed by atoms with Crippen LogP contribution >= 0.6 is 0 Å². The zero-order chi connectivity index (χ0) is 18.6. The van der Waals surface area contributed by atoms with Crippen LogP contribution in [0, 0.1) is 0 Å². The minimum Gasteiger partial charge on any atom is -0.495 e. The molecule has 0 saturated carbocycles. The van der Waals surface area contributed by atoms with Crippen LogP contribution in [0.5, 0.6) is 5.75 Å². The van der Waals surface area contributed by atoms with Crippen molar-refractivity contribution in [2.24, 2.45) is 5.10 Å². The van der Waals surface area contributed by atoms with Gasteiger partial charge in [-0.05, 0) is 18.2 Å². The van der Waals surface area contributed by atoms with Crippen LogP contribution in [-0.4, -0.2) is 44.5 Å². The van der Waals surface area contributed by atoms with Gasteiger partial charge in [0.2, 0.25) is 0 Å². The molecule has 0 atom stereocenters. The Labute approximate surface area is 150 Å². The van der Waals surface area contributed by atoms with Crippen LogP contribution in [0.2, 0.25) is 0 Å². The molecule has 138 valence electrons. The molecule has 1 aliphatic heterocycles. The van der Waals surface area contributed by atoms with E-state index in [1.165, 1.54) is 18.3 Å². The summed E-state index contributed by atoms with van der Waals surface area (Å²) in [6.45, 7) is 2.70. The molecule has 4 nitrogen and oxygen atoms in total. The monoisotopic (exact) mass is 363 g/mol. The summed E-state index contributed by atoms with van der Waals surface area (Å²) in [5.41, 5.74) is 0.421. The van der Waals surface area contributed by atoms with Crippen LogP contribution < -0.4 is 9.64 Å². The molecule has 0 N–H and O–H groups in total. The average Bonchev–Trinajstić information content (AvgIpc) is 2.66. The summed E-state index contributed by atoms with van der Waals surface area (Å²) in [6, 6.07) is 13.2. The molecule has 26 heavy (non-hydrogen) atoms. The molecule has 1 heterocycles. The SMILES string of the molecule is COc1ccccc1N1CCN(N=Cc2ccccc2C(F)(F)F)CC1. The first-order valence-corrected chi connectivity index (χ1v) is 8.32. The van der Waals surface area contributed by atoms with E-state index in [1.54, 1.807) is 18.2 Å². The molecule has 1 aliphatic rings. The molecule has 0 radical (unpaired) electrons. The Bertz CT molecular complexity index is 769. The first kappa shape index (κ1) is 18.1. The van der Waals surface area contributed by atoms with Crippen molar-refractivity contribution in [3.8, 4) is 5.75 Å². The maximum absolute atomic E-state index is 13.0. The number of hydrazone groups is 1. The van der Waals surface area contributed by atoms with Gasteiger partial charge in [-0.1, -0.05) is 30.3 Å². The Balaban J connectivity index is 1.66. The Morgan fingerprint density at radius 2 is 1.62 bits per heavy atom. The van der Waals surface area contributed by atoms with Gasteiger partial charge in [-0.25, -0.2) is 0 Å². The number of ether oxygens (including phenoxy) is 1. The first-order chi connectivity index (χ1) is 12.5. The molecular formula is C19H20F3N3O. The van der Waals surface area contributed by atoms with Gasteiger partial charge in [-0.3, -0.25) is 5.01 Å². The van der Waals surface area contributed by atoms with Crippen LogP contribution in [0.3, 0.4) is 0 Å². The predicted molar refractivity (Wildman–Crippen MR) is 95.8 cm³/mol. The number of rotatable bonds is 4. The fourth-order valence-corrected chi connectivity index (χ4v) is 2.95. The molecule has 0 aromatic heterocycles. The van der Waals surface area contributed by atoms with Gasteiger partial charge in [0, 0.05) is 18.7 Å². The third kappa shape index (κ3) is 4.09. The second kappa shape index (κ2) is 7.68. The van der Waals surface area contributed by atoms with Crippen LogP contribution in [0.1, 0.15) is 11.1 Å². The molecule has 7 heteroatoms. The van der Waals surface area contributed by atoms with Gasteiger partial charge in [0.1, 0.15) is 5.75 Å². The quantitative estimate of drug-likeness (QED) is 0.772. The van der Waals surface area contributed by atoms with Crippen molar-refractivity contribution >= 4 is 11.9 Å². The number of methoxy groups -OCH3 is 1. The lowest BCUT2D eigenvalue weighted by Crippen LogP contribution is -2.44. The molecule has 2 aromatic rings. The molecule has 0 spiro atoms. The summed E-state index contributed by atoms with van der Waals surface area (Å²) in [6.07, 6.45) is -3.09. The van der Waals surface area contributed by atoms with E-state index in [9.17, 15) is 13.2 Å². The zero-order valence-electron chi connectivity index (χ0n) is 14.4. The van der Waals surface area contributed by atoms with Crippen molar-refractivity contribution in [3.05, 3.63) is 59.7 Å². The smallest absolute Gasteiger partial charge is 0.417 e. The number of para-hydroxylation sites is 2. The van der Waals surface area contributed by atoms with Crippen LogP contribution in [-0.2, 0) is 6.18 Å². The summed E-state index contributed by atoms with van der Waals surface area (Å²) in [4.78, 5) is 2.19. The van der Waals surface area contributed by atoms with Gasteiger partial charge < -0.3 is 9.64 Å². The van der Waals surface area contributed by atoms with Gasteiger partial charge >= 0.3 is 6.18 Å². The Kier molecular flexibility index (Phi) is 5.35. The number of piperazine rings is 1. The number of hydrogen-bond acceptors (Lipinski definition) is 4. The van der Waals surface area contributed by atoms with Gasteiger partial charge in [0.25, 0.3) is 0 Å². The summed E-state index contributed by atoms with van der Waals surface area (Å²) >= 11 is 0. The molecule has 0 unspecified atom stereocenters. The van der Waals surface area contributed by atoms with E-state index in [0.717, 1.165) is 30.6 Å². The zero-order valence-corrected chi connectivity index (χ0v) is 14.4. The van der Waals surface area contributed by atoms with Crippen LogP contribution in [0.15, 0.2) is 53.6 Å². The second-order valence-electron chi connectivity index (χ2n) is 5.94. The first-order valence-electron chi connectivity index (χ1n) is 8.32. The van der Waals surface area contributed by atoms with Crippen molar-refractivity contribution < 1.29 is 17.9 Å². The molecule has 3 rings (SSSR count). The van der Waals surface area contributed by atoms with E-state index in [4.69, 9.17) is 4.74 Å². The van der Waals surface area contributed by atoms with Gasteiger partial charge in [0.05, 0.1) is 37.7 Å². The Hall–Kier alpha value is -2.70. The lowest BCUT2D eigenvalue weighted by atomic mass is 10.1. The van der Waals surface area contributed by atoms with Crippen LogP contribution in [0.4, 0.5) is 18.9 Å². The number of nitrogens with zero attached hydrogens (tertiary/aromatic N) is 3. The highest BCUT2D eigenvalue weighted by Crippen LogP contribution is 2.31. The summed E-state index contributed by atoms with van der Waals surface area (Å²) in [5.74, 6) is 0.809. The molecule has 2 aromatic carbocycles. The number of hydrogen-bond donors (Lipinski definition) is 0. The van der Waals surface area contributed by atoms with E-state index >= 15 is 0 Å². The number of halogens is 3. The highest BCUT2D eigenvalue weighted by molar-refractivity contribution is 5.81. The van der Waals surface area contributed by atoms with Gasteiger partial charge in [-0.15, -0.1) is 0 Å². The second-order valence-corrected chi connectivity index (χ2v) is 5.94. The number of alkyl halides is 3. The van der Waals surface area contributed by atoms with Crippen molar-refractivity contribution in [3.63, 3.8) is 0 Å². The third-order valence-corrected chi connectivity index (χ3v) is 4.31. The van der Waals surface area contributed by atoms with E-state index < -0.39 is 11.7 Å². The molecule has 1 fully saturated rings. The van der Waals surface area contributed by atoms with Crippen molar-refractivity contribution in [1.82, 2.24) is 5.01 Å². The van der Waals surface area contributed by atoms with E-state index in [1.807, 2.05) is 24.3 Å². The van der Waals surface area contributed by atoms with E-state index in [2.05, 4.69) is 10.0 Å². The Morgan fingerprint density at radius 1 is 0.962 bits per heavy atom. The van der Waals surface area contributed by atoms with Crippen molar-refractivity contribution in [2.75, 3.05) is 38.2 Å². The molecular weight excluding hydrogens is 343 g/mol. The minimum atomic E-state index is -4.38. The average molecular weight is 363 g/mol. The maximum atomic E-state index is 13.0. The summed E-state index contributed by atoms with van der Waals surface area (Å²) in [5, 5.41) is 6.04. The lowest BCUT2D eigenvalue weighted by molar-refractivity contribution is -0.137. The molecule has 0 bridgehead atoms. The van der Waals surface area contributed by atoms with E-state index in [-0.39, 0.29) is 5.56 Å². The van der Waals surface area contributed by atoms with Crippen molar-refractivity contribution in [2.45, 2.75) is 6.18 Å². The van der Waals surface area contributed by atoms with Crippen LogP contribution in [0.25, 0.3) is 0 Å². The van der Waals surface area contributed by atoms with Gasteiger partial charge in [0.15, 0.2) is 0 Å². The fraction of sp³-hybridized carbons (Fsp3) is 0.316. The van der Waals surface area contributed by atoms with E-state index in [0.29, 0.717) is 13.1 Å². The predicted octanol–water partition coefficient (Wildman–Crippen LogP) is 3.87. The summed E-state index contributed by atoms with van der Waals surface area (Å²) < 4.78 is 44.5. The largest absolute Gasteiger partial charge is 0.495 e. The Morgan fingerprint density at radius 3 is 2.31 bits per heavy atom. The van der Waals surface area contributed by atoms with Gasteiger partial charge in [-0.2, -0.15) is 18.3 Å². The number of benzene rings is 2. The third-order valence-electron chi connectivity index (χ3n) is 4.31. The molecule has 0 aliphatic carbocycles. The lowest BCUT2D eigenvalue weighted by Gasteiger charge is -2.35. The standard InChI is InChI=1S/C19H20F3N3O/c1-26-18-9-5-4-8-17(18)24-10-12-25(13-11-24)23-14-15-6-2-3-7-16(15)19(20,21)22/h2-9,14H,10-13H2,1H3. The minimum absolute atomic E-state index is 0.0761. The summed E-state index contributed by atoms with van der Waals surface area (Å²) in [7, 11) is 1.64. The molecule has 0 amide bonds. The highest BCUT2D eigenvalue weighted by atomic mass is 19.4.